The monoisotopic (exact) mass is 447 g/mol. The summed E-state index contributed by atoms with van der Waals surface area (Å²) < 4.78 is 33.7. The van der Waals surface area contributed by atoms with E-state index in [4.69, 9.17) is 9.47 Å². The lowest BCUT2D eigenvalue weighted by molar-refractivity contribution is 0.102. The van der Waals surface area contributed by atoms with Gasteiger partial charge in [0.25, 0.3) is 5.91 Å². The molecule has 1 amide bonds. The first-order valence-corrected chi connectivity index (χ1v) is 11.9. The SMILES string of the molecule is COc1cc(NC(=O)c2ccc(NC3=N[C@H]4CS(=O)(=O)C[C@H]4S3)cc2)cc(OC)c1. The van der Waals surface area contributed by atoms with E-state index >= 15 is 0 Å². The highest BCUT2D eigenvalue weighted by Gasteiger charge is 2.42. The van der Waals surface area contributed by atoms with Crippen LogP contribution in [0, 0.1) is 0 Å². The number of thioether (sulfide) groups is 1. The van der Waals surface area contributed by atoms with Crippen LogP contribution in [0.3, 0.4) is 0 Å². The van der Waals surface area contributed by atoms with Gasteiger partial charge in [-0.15, -0.1) is 0 Å². The average molecular weight is 448 g/mol. The van der Waals surface area contributed by atoms with Gasteiger partial charge in [0.15, 0.2) is 15.0 Å². The zero-order valence-electron chi connectivity index (χ0n) is 16.4. The first-order valence-electron chi connectivity index (χ1n) is 9.21. The lowest BCUT2D eigenvalue weighted by atomic mass is 10.2. The Kier molecular flexibility index (Phi) is 5.61. The van der Waals surface area contributed by atoms with Crippen LogP contribution in [0.15, 0.2) is 47.5 Å². The Morgan fingerprint density at radius 1 is 1.03 bits per heavy atom. The van der Waals surface area contributed by atoms with Crippen LogP contribution < -0.4 is 20.1 Å². The highest BCUT2D eigenvalue weighted by Crippen LogP contribution is 2.34. The third kappa shape index (κ3) is 4.54. The Bertz CT molecular complexity index is 1080. The standard InChI is InChI=1S/C20H21N3O5S2/c1-27-15-7-14(8-16(9-15)28-2)21-19(24)12-3-5-13(6-4-12)22-20-23-17-10-30(25,26)11-18(17)29-20/h3-9,17-18H,10-11H2,1-2H3,(H,21,24)(H,22,23)/t17-,18+/m0/s1. The number of ether oxygens (including phenoxy) is 2. The summed E-state index contributed by atoms with van der Waals surface area (Å²) in [6.07, 6.45) is 0. The predicted molar refractivity (Wildman–Crippen MR) is 119 cm³/mol. The van der Waals surface area contributed by atoms with Gasteiger partial charge in [-0.25, -0.2) is 8.42 Å². The van der Waals surface area contributed by atoms with E-state index in [2.05, 4.69) is 15.6 Å². The van der Waals surface area contributed by atoms with Crippen molar-refractivity contribution < 1.29 is 22.7 Å². The summed E-state index contributed by atoms with van der Waals surface area (Å²) in [4.78, 5) is 17.0. The summed E-state index contributed by atoms with van der Waals surface area (Å²) >= 11 is 1.45. The number of carbonyl (C=O) groups excluding carboxylic acids is 1. The van der Waals surface area contributed by atoms with Crippen LogP contribution in [-0.2, 0) is 9.84 Å². The van der Waals surface area contributed by atoms with Crippen molar-refractivity contribution in [3.8, 4) is 11.5 Å². The molecule has 0 bridgehead atoms. The second kappa shape index (κ2) is 8.19. The number of carbonyl (C=O) groups is 1. The molecule has 0 aliphatic carbocycles. The van der Waals surface area contributed by atoms with Crippen molar-refractivity contribution in [1.82, 2.24) is 0 Å². The fourth-order valence-corrected chi connectivity index (χ4v) is 7.00. The lowest BCUT2D eigenvalue weighted by Gasteiger charge is -2.11. The first kappa shape index (κ1) is 20.5. The summed E-state index contributed by atoms with van der Waals surface area (Å²) in [6.45, 7) is 0. The molecule has 2 N–H and O–H groups in total. The van der Waals surface area contributed by atoms with E-state index in [0.29, 0.717) is 27.9 Å². The third-order valence-corrected chi connectivity index (χ3v) is 7.97. The van der Waals surface area contributed by atoms with E-state index < -0.39 is 9.84 Å². The van der Waals surface area contributed by atoms with Gasteiger partial charge in [0.1, 0.15) is 11.5 Å². The Hall–Kier alpha value is -2.72. The number of sulfone groups is 1. The van der Waals surface area contributed by atoms with Crippen LogP contribution in [0.25, 0.3) is 0 Å². The van der Waals surface area contributed by atoms with Gasteiger partial charge in [0.05, 0.1) is 31.8 Å². The molecule has 1 fully saturated rings. The Labute approximate surface area is 179 Å². The molecule has 0 unspecified atom stereocenters. The summed E-state index contributed by atoms with van der Waals surface area (Å²) in [5.41, 5.74) is 1.84. The van der Waals surface area contributed by atoms with Gasteiger partial charge in [0.2, 0.25) is 0 Å². The molecule has 8 nitrogen and oxygen atoms in total. The molecule has 30 heavy (non-hydrogen) atoms. The largest absolute Gasteiger partial charge is 0.497 e. The molecule has 1 saturated heterocycles. The molecular formula is C20H21N3O5S2. The zero-order valence-corrected chi connectivity index (χ0v) is 18.0. The molecular weight excluding hydrogens is 426 g/mol. The number of hydrogen-bond donors (Lipinski definition) is 2. The number of amidine groups is 1. The van der Waals surface area contributed by atoms with Gasteiger partial charge in [0, 0.05) is 40.4 Å². The van der Waals surface area contributed by atoms with Gasteiger partial charge in [-0.2, -0.15) is 0 Å². The Morgan fingerprint density at radius 2 is 1.70 bits per heavy atom. The smallest absolute Gasteiger partial charge is 0.255 e. The predicted octanol–water partition coefficient (Wildman–Crippen LogP) is 2.64. The number of nitrogens with zero attached hydrogens (tertiary/aromatic N) is 1. The van der Waals surface area contributed by atoms with Crippen LogP contribution in [0.1, 0.15) is 10.4 Å². The Morgan fingerprint density at radius 3 is 2.30 bits per heavy atom. The van der Waals surface area contributed by atoms with Gasteiger partial charge >= 0.3 is 0 Å². The first-order chi connectivity index (χ1) is 14.3. The minimum atomic E-state index is -2.97. The van der Waals surface area contributed by atoms with Crippen molar-refractivity contribution in [2.45, 2.75) is 11.3 Å². The topological polar surface area (TPSA) is 106 Å². The zero-order chi connectivity index (χ0) is 21.3. The lowest BCUT2D eigenvalue weighted by Crippen LogP contribution is -2.13. The van der Waals surface area contributed by atoms with Crippen LogP contribution >= 0.6 is 11.8 Å². The fourth-order valence-electron chi connectivity index (χ4n) is 3.33. The summed E-state index contributed by atoms with van der Waals surface area (Å²) in [7, 11) is 0.126. The average Bonchev–Trinajstić information content (AvgIpc) is 3.20. The Balaban J connectivity index is 1.40. The number of rotatable bonds is 5. The molecule has 0 radical (unpaired) electrons. The van der Waals surface area contributed by atoms with E-state index in [0.717, 1.165) is 5.69 Å². The second-order valence-electron chi connectivity index (χ2n) is 6.99. The van der Waals surface area contributed by atoms with Gasteiger partial charge < -0.3 is 20.1 Å². The molecule has 2 atom stereocenters. The maximum absolute atomic E-state index is 12.6. The van der Waals surface area contributed by atoms with E-state index in [1.165, 1.54) is 11.8 Å². The van der Waals surface area contributed by atoms with Crippen molar-refractivity contribution in [1.29, 1.82) is 0 Å². The third-order valence-electron chi connectivity index (χ3n) is 4.83. The van der Waals surface area contributed by atoms with Crippen molar-refractivity contribution >= 4 is 44.0 Å². The van der Waals surface area contributed by atoms with Crippen LogP contribution in [0.4, 0.5) is 11.4 Å². The molecule has 2 aromatic rings. The van der Waals surface area contributed by atoms with Crippen molar-refractivity contribution in [2.75, 3.05) is 36.4 Å². The summed E-state index contributed by atoms with van der Waals surface area (Å²) in [5.74, 6) is 1.19. The minimum Gasteiger partial charge on any atom is -0.497 e. The van der Waals surface area contributed by atoms with Crippen LogP contribution in [0.2, 0.25) is 0 Å². The second-order valence-corrected chi connectivity index (χ2v) is 10.4. The molecule has 4 rings (SSSR count). The molecule has 0 spiro atoms. The van der Waals surface area contributed by atoms with E-state index in [1.54, 1.807) is 56.7 Å². The number of methoxy groups -OCH3 is 2. The number of benzene rings is 2. The fraction of sp³-hybridized carbons (Fsp3) is 0.300. The summed E-state index contributed by atoms with van der Waals surface area (Å²) in [6, 6.07) is 12.0. The number of anilines is 2. The van der Waals surface area contributed by atoms with Gasteiger partial charge in [-0.1, -0.05) is 11.8 Å². The normalized spacial score (nSPS) is 21.5. The number of fused-ring (bicyclic) bond motifs is 1. The van der Waals surface area contributed by atoms with E-state index in [-0.39, 0.29) is 28.7 Å². The quantitative estimate of drug-likeness (QED) is 0.726. The van der Waals surface area contributed by atoms with Crippen molar-refractivity contribution in [2.24, 2.45) is 4.99 Å². The molecule has 2 heterocycles. The number of amides is 1. The molecule has 10 heteroatoms. The maximum Gasteiger partial charge on any atom is 0.255 e. The minimum absolute atomic E-state index is 0.0117. The van der Waals surface area contributed by atoms with Gasteiger partial charge in [-0.05, 0) is 24.3 Å². The summed E-state index contributed by atoms with van der Waals surface area (Å²) in [5, 5.41) is 6.72. The molecule has 0 aromatic heterocycles. The molecule has 2 aromatic carbocycles. The van der Waals surface area contributed by atoms with Crippen molar-refractivity contribution in [3.05, 3.63) is 48.0 Å². The van der Waals surface area contributed by atoms with Gasteiger partial charge in [-0.3, -0.25) is 9.79 Å². The number of hydrogen-bond acceptors (Lipinski definition) is 8. The number of aliphatic imine (C=N–C) groups is 1. The molecule has 0 saturated carbocycles. The van der Waals surface area contributed by atoms with E-state index in [9.17, 15) is 13.2 Å². The molecule has 158 valence electrons. The molecule has 2 aliphatic rings. The van der Waals surface area contributed by atoms with Crippen LogP contribution in [-0.4, -0.2) is 56.5 Å². The van der Waals surface area contributed by atoms with Crippen LogP contribution in [0.5, 0.6) is 11.5 Å². The number of nitrogens with one attached hydrogen (secondary N) is 2. The molecule has 2 aliphatic heterocycles. The van der Waals surface area contributed by atoms with Crippen molar-refractivity contribution in [3.63, 3.8) is 0 Å². The highest BCUT2D eigenvalue weighted by atomic mass is 32.2. The maximum atomic E-state index is 12.6. The van der Waals surface area contributed by atoms with E-state index in [1.807, 2.05) is 0 Å². The highest BCUT2D eigenvalue weighted by molar-refractivity contribution is 8.15.